The number of carbonyl (C=O) groups is 2. The zero-order valence-corrected chi connectivity index (χ0v) is 16.8. The Hall–Kier alpha value is -3.64. The lowest BCUT2D eigenvalue weighted by Gasteiger charge is -2.07. The molecule has 0 unspecified atom stereocenters. The number of amides is 2. The van der Waals surface area contributed by atoms with Crippen LogP contribution < -0.4 is 15.5 Å². The van der Waals surface area contributed by atoms with Gasteiger partial charge in [-0.1, -0.05) is 60.1 Å². The van der Waals surface area contributed by atoms with E-state index in [-0.39, 0.29) is 12.5 Å². The van der Waals surface area contributed by atoms with Crippen LogP contribution in [-0.4, -0.2) is 24.6 Å². The molecule has 0 bridgehead atoms. The summed E-state index contributed by atoms with van der Waals surface area (Å²) in [5.74, 6) is -0.138. The maximum atomic E-state index is 12.0. The van der Waals surface area contributed by atoms with Gasteiger partial charge in [-0.05, 0) is 41.5 Å². The monoisotopic (exact) mass is 421 g/mol. The average Bonchev–Trinajstić information content (AvgIpc) is 2.77. The molecule has 0 aromatic heterocycles. The fraction of sp³-hybridized carbons (Fsp3) is 0.0870. The van der Waals surface area contributed by atoms with E-state index in [2.05, 4.69) is 15.8 Å². The third-order valence-corrected chi connectivity index (χ3v) is 4.24. The molecule has 3 rings (SSSR count). The summed E-state index contributed by atoms with van der Waals surface area (Å²) in [6.45, 7) is 0.257. The SMILES string of the molecule is O=C(CNC(=O)c1cccc(Cl)c1)N/N=C\c1cccc(OCc2ccccc2)c1. The molecule has 30 heavy (non-hydrogen) atoms. The lowest BCUT2D eigenvalue weighted by molar-refractivity contribution is -0.120. The van der Waals surface area contributed by atoms with E-state index < -0.39 is 5.91 Å². The largest absolute Gasteiger partial charge is 0.489 e. The van der Waals surface area contributed by atoms with Crippen LogP contribution >= 0.6 is 11.6 Å². The molecule has 0 saturated carbocycles. The molecular weight excluding hydrogens is 402 g/mol. The summed E-state index contributed by atoms with van der Waals surface area (Å²) in [4.78, 5) is 23.9. The Morgan fingerprint density at radius 2 is 1.77 bits per heavy atom. The minimum Gasteiger partial charge on any atom is -0.489 e. The van der Waals surface area contributed by atoms with E-state index in [4.69, 9.17) is 16.3 Å². The summed E-state index contributed by atoms with van der Waals surface area (Å²) in [7, 11) is 0. The summed E-state index contributed by atoms with van der Waals surface area (Å²) >= 11 is 5.85. The first kappa shape index (κ1) is 21.1. The maximum Gasteiger partial charge on any atom is 0.259 e. The van der Waals surface area contributed by atoms with Crippen molar-refractivity contribution in [2.75, 3.05) is 6.54 Å². The number of hydrazone groups is 1. The van der Waals surface area contributed by atoms with E-state index in [1.165, 1.54) is 12.3 Å². The molecule has 0 saturated heterocycles. The molecule has 3 aromatic carbocycles. The molecule has 0 spiro atoms. The summed E-state index contributed by atoms with van der Waals surface area (Å²) in [5.41, 5.74) is 4.60. The van der Waals surface area contributed by atoms with Gasteiger partial charge in [-0.15, -0.1) is 0 Å². The summed E-state index contributed by atoms with van der Waals surface area (Å²) in [6, 6.07) is 23.7. The van der Waals surface area contributed by atoms with Gasteiger partial charge in [-0.25, -0.2) is 5.43 Å². The van der Waals surface area contributed by atoms with E-state index in [1.54, 1.807) is 18.2 Å². The van der Waals surface area contributed by atoms with E-state index in [9.17, 15) is 9.59 Å². The fourth-order valence-electron chi connectivity index (χ4n) is 2.54. The second-order valence-electron chi connectivity index (χ2n) is 6.33. The highest BCUT2D eigenvalue weighted by molar-refractivity contribution is 6.31. The quantitative estimate of drug-likeness (QED) is 0.429. The Kier molecular flexibility index (Phi) is 7.58. The van der Waals surface area contributed by atoms with Gasteiger partial charge in [0, 0.05) is 10.6 Å². The van der Waals surface area contributed by atoms with Crippen molar-refractivity contribution in [3.8, 4) is 5.75 Å². The number of benzene rings is 3. The molecule has 0 aliphatic carbocycles. The van der Waals surface area contributed by atoms with Gasteiger partial charge in [-0.3, -0.25) is 9.59 Å². The lowest BCUT2D eigenvalue weighted by atomic mass is 10.2. The van der Waals surface area contributed by atoms with Gasteiger partial charge in [-0.2, -0.15) is 5.10 Å². The lowest BCUT2D eigenvalue weighted by Crippen LogP contribution is -2.34. The molecule has 2 amide bonds. The summed E-state index contributed by atoms with van der Waals surface area (Å²) in [5, 5.41) is 6.88. The highest BCUT2D eigenvalue weighted by Crippen LogP contribution is 2.14. The minimum absolute atomic E-state index is 0.205. The van der Waals surface area contributed by atoms with Crippen LogP contribution in [0.25, 0.3) is 0 Å². The molecule has 7 heteroatoms. The number of rotatable bonds is 8. The summed E-state index contributed by atoms with van der Waals surface area (Å²) < 4.78 is 5.77. The number of hydrogen-bond donors (Lipinski definition) is 2. The normalized spacial score (nSPS) is 10.6. The molecule has 2 N–H and O–H groups in total. The molecule has 0 fully saturated rings. The third kappa shape index (κ3) is 6.76. The molecule has 0 atom stereocenters. The van der Waals surface area contributed by atoms with Gasteiger partial charge in [0.15, 0.2) is 0 Å². The summed E-state index contributed by atoms with van der Waals surface area (Å²) in [6.07, 6.45) is 1.51. The van der Waals surface area contributed by atoms with Gasteiger partial charge >= 0.3 is 0 Å². The first-order valence-electron chi connectivity index (χ1n) is 9.22. The van der Waals surface area contributed by atoms with Crippen molar-refractivity contribution in [3.63, 3.8) is 0 Å². The standard InChI is InChI=1S/C23H20ClN3O3/c24-20-10-5-9-19(13-20)23(29)25-15-22(28)27-26-14-18-8-4-11-21(12-18)30-16-17-6-2-1-3-7-17/h1-14H,15-16H2,(H,25,29)(H,27,28)/b26-14-. The Bertz CT molecular complexity index is 1040. The number of halogens is 1. The molecule has 0 radical (unpaired) electrons. The van der Waals surface area contributed by atoms with Crippen molar-refractivity contribution < 1.29 is 14.3 Å². The second kappa shape index (κ2) is 10.8. The maximum absolute atomic E-state index is 12.0. The van der Waals surface area contributed by atoms with Crippen LogP contribution in [0.5, 0.6) is 5.75 Å². The van der Waals surface area contributed by atoms with Crippen LogP contribution in [0.15, 0.2) is 84.0 Å². The molecule has 0 aliphatic rings. The first-order valence-corrected chi connectivity index (χ1v) is 9.60. The molecule has 3 aromatic rings. The van der Waals surface area contributed by atoms with Crippen LogP contribution in [-0.2, 0) is 11.4 Å². The third-order valence-electron chi connectivity index (χ3n) is 4.01. The van der Waals surface area contributed by atoms with E-state index in [0.717, 1.165) is 11.1 Å². The van der Waals surface area contributed by atoms with Crippen molar-refractivity contribution in [3.05, 3.63) is 101 Å². The Morgan fingerprint density at radius 3 is 2.57 bits per heavy atom. The molecular formula is C23H20ClN3O3. The Morgan fingerprint density at radius 1 is 0.967 bits per heavy atom. The van der Waals surface area contributed by atoms with Crippen LogP contribution in [0.3, 0.4) is 0 Å². The minimum atomic E-state index is -0.446. The van der Waals surface area contributed by atoms with E-state index in [0.29, 0.717) is 22.9 Å². The first-order chi connectivity index (χ1) is 14.6. The van der Waals surface area contributed by atoms with Crippen molar-refractivity contribution in [2.45, 2.75) is 6.61 Å². The smallest absolute Gasteiger partial charge is 0.259 e. The van der Waals surface area contributed by atoms with Crippen molar-refractivity contribution in [1.82, 2.24) is 10.7 Å². The van der Waals surface area contributed by atoms with Crippen LogP contribution in [0, 0.1) is 0 Å². The molecule has 152 valence electrons. The second-order valence-corrected chi connectivity index (χ2v) is 6.77. The zero-order valence-electron chi connectivity index (χ0n) is 16.0. The van der Waals surface area contributed by atoms with Gasteiger partial charge in [0.2, 0.25) is 0 Å². The van der Waals surface area contributed by atoms with Crippen LogP contribution in [0.2, 0.25) is 5.02 Å². The predicted molar refractivity (Wildman–Crippen MR) is 117 cm³/mol. The van der Waals surface area contributed by atoms with E-state index in [1.807, 2.05) is 54.6 Å². The van der Waals surface area contributed by atoms with Crippen molar-refractivity contribution in [2.24, 2.45) is 5.10 Å². The highest BCUT2D eigenvalue weighted by Gasteiger charge is 2.07. The van der Waals surface area contributed by atoms with Crippen LogP contribution in [0.1, 0.15) is 21.5 Å². The van der Waals surface area contributed by atoms with Crippen molar-refractivity contribution >= 4 is 29.6 Å². The average molecular weight is 422 g/mol. The number of ether oxygens (including phenoxy) is 1. The molecule has 6 nitrogen and oxygen atoms in total. The fourth-order valence-corrected chi connectivity index (χ4v) is 2.73. The Labute approximate surface area is 179 Å². The predicted octanol–water partition coefficient (Wildman–Crippen LogP) is 3.80. The van der Waals surface area contributed by atoms with Crippen LogP contribution in [0.4, 0.5) is 0 Å². The zero-order chi connectivity index (χ0) is 21.2. The number of carbonyl (C=O) groups excluding carboxylic acids is 2. The number of hydrogen-bond acceptors (Lipinski definition) is 4. The topological polar surface area (TPSA) is 79.8 Å². The van der Waals surface area contributed by atoms with Gasteiger partial charge in [0.05, 0.1) is 12.8 Å². The molecule has 0 heterocycles. The van der Waals surface area contributed by atoms with E-state index >= 15 is 0 Å². The van der Waals surface area contributed by atoms with Gasteiger partial charge < -0.3 is 10.1 Å². The van der Waals surface area contributed by atoms with Crippen molar-refractivity contribution in [1.29, 1.82) is 0 Å². The Balaban J connectivity index is 1.45. The van der Waals surface area contributed by atoms with Gasteiger partial charge in [0.25, 0.3) is 11.8 Å². The van der Waals surface area contributed by atoms with Gasteiger partial charge in [0.1, 0.15) is 12.4 Å². The number of nitrogens with zero attached hydrogens (tertiary/aromatic N) is 1. The highest BCUT2D eigenvalue weighted by atomic mass is 35.5. The number of nitrogens with one attached hydrogen (secondary N) is 2. The molecule has 0 aliphatic heterocycles.